The molecule has 2 aromatic heterocycles. The lowest BCUT2D eigenvalue weighted by molar-refractivity contribution is -0.117. The summed E-state index contributed by atoms with van der Waals surface area (Å²) in [7, 11) is 0. The molecule has 0 radical (unpaired) electrons. The fourth-order valence-corrected chi connectivity index (χ4v) is 5.27. The van der Waals surface area contributed by atoms with Crippen molar-refractivity contribution >= 4 is 29.2 Å². The molecule has 1 fully saturated rings. The van der Waals surface area contributed by atoms with E-state index in [0.29, 0.717) is 48.3 Å². The van der Waals surface area contributed by atoms with Crippen LogP contribution < -0.4 is 4.90 Å². The molecule has 33 heavy (non-hydrogen) atoms. The molecule has 0 N–H and O–H groups in total. The second-order valence-corrected chi connectivity index (χ2v) is 9.49. The quantitative estimate of drug-likeness (QED) is 0.578. The average Bonchev–Trinajstić information content (AvgIpc) is 3.52. The maximum absolute atomic E-state index is 13.4. The summed E-state index contributed by atoms with van der Waals surface area (Å²) in [5, 5.41) is 0.711. The van der Waals surface area contributed by atoms with E-state index in [9.17, 15) is 14.0 Å². The predicted molar refractivity (Wildman–Crippen MR) is 123 cm³/mol. The first-order chi connectivity index (χ1) is 15.8. The Hall–Kier alpha value is -3.14. The maximum Gasteiger partial charge on any atom is 0.254 e. The number of halogens is 1. The molecule has 0 unspecified atom stereocenters. The molecule has 8 nitrogen and oxygen atoms in total. The van der Waals surface area contributed by atoms with Gasteiger partial charge in [0.15, 0.2) is 16.6 Å². The first kappa shape index (κ1) is 21.7. The number of rotatable bonds is 4. The minimum Gasteiger partial charge on any atom is -0.328 e. The number of anilines is 1. The van der Waals surface area contributed by atoms with Crippen LogP contribution in [0, 0.1) is 5.82 Å². The van der Waals surface area contributed by atoms with E-state index in [0.717, 1.165) is 17.9 Å². The van der Waals surface area contributed by atoms with E-state index in [1.165, 1.54) is 35.8 Å². The Balaban J connectivity index is 1.57. The summed E-state index contributed by atoms with van der Waals surface area (Å²) in [5.74, 6) is 1.73. The fraction of sp³-hybridized carbons (Fsp3) is 0.435. The van der Waals surface area contributed by atoms with Crippen LogP contribution in [0.15, 0.2) is 24.3 Å². The van der Waals surface area contributed by atoms with Gasteiger partial charge in [0.1, 0.15) is 11.6 Å². The molecule has 1 atom stereocenters. The minimum atomic E-state index is -0.381. The van der Waals surface area contributed by atoms with Crippen LogP contribution in [-0.2, 0) is 11.3 Å². The molecule has 10 heteroatoms. The van der Waals surface area contributed by atoms with Gasteiger partial charge < -0.3 is 9.47 Å². The Morgan fingerprint density at radius 1 is 1.15 bits per heavy atom. The van der Waals surface area contributed by atoms with E-state index >= 15 is 0 Å². The van der Waals surface area contributed by atoms with Crippen LogP contribution in [0.3, 0.4) is 0 Å². The Morgan fingerprint density at radius 3 is 2.55 bits per heavy atom. The Kier molecular flexibility index (Phi) is 5.48. The summed E-state index contributed by atoms with van der Waals surface area (Å²) < 4.78 is 19.9. The average molecular weight is 469 g/mol. The molecule has 0 aliphatic carbocycles. The predicted octanol–water partition coefficient (Wildman–Crippen LogP) is 4.01. The molecule has 1 saturated heterocycles. The number of benzene rings is 1. The Bertz CT molecular complexity index is 1220. The van der Waals surface area contributed by atoms with E-state index in [-0.39, 0.29) is 29.6 Å². The highest BCUT2D eigenvalue weighted by Gasteiger charge is 2.38. The van der Waals surface area contributed by atoms with Gasteiger partial charge in [0, 0.05) is 37.5 Å². The molecule has 5 rings (SSSR count). The van der Waals surface area contributed by atoms with Gasteiger partial charge in [-0.25, -0.2) is 14.4 Å². The lowest BCUT2D eigenvalue weighted by atomic mass is 10.1. The van der Waals surface area contributed by atoms with Crippen LogP contribution >= 0.6 is 11.5 Å². The highest BCUT2D eigenvalue weighted by molar-refractivity contribution is 7.09. The van der Waals surface area contributed by atoms with Gasteiger partial charge in [-0.2, -0.15) is 4.37 Å². The molecular formula is C23H25FN6O2S. The third-order valence-corrected chi connectivity index (χ3v) is 6.97. The smallest absolute Gasteiger partial charge is 0.254 e. The molecule has 2 aliphatic rings. The summed E-state index contributed by atoms with van der Waals surface area (Å²) >= 11 is 1.30. The van der Waals surface area contributed by atoms with E-state index in [1.807, 2.05) is 20.8 Å². The van der Waals surface area contributed by atoms with Crippen molar-refractivity contribution in [2.24, 2.45) is 0 Å². The SMILES string of the molecule is CC(C)c1nsc(-c2nc(N3CCCC3=O)c3n2CCN(C(=O)c2ccc(F)cc2)[C@H]3C)n1. The van der Waals surface area contributed by atoms with Crippen LogP contribution in [0.1, 0.15) is 67.4 Å². The van der Waals surface area contributed by atoms with Crippen molar-refractivity contribution in [1.82, 2.24) is 23.8 Å². The number of hydrogen-bond donors (Lipinski definition) is 0. The number of imidazole rings is 1. The second-order valence-electron chi connectivity index (χ2n) is 8.74. The number of carbonyl (C=O) groups is 2. The Labute approximate surface area is 195 Å². The number of nitrogens with zero attached hydrogens (tertiary/aromatic N) is 6. The molecule has 0 saturated carbocycles. The molecule has 2 aliphatic heterocycles. The fourth-order valence-electron chi connectivity index (χ4n) is 4.47. The van der Waals surface area contributed by atoms with Crippen molar-refractivity contribution in [1.29, 1.82) is 0 Å². The largest absolute Gasteiger partial charge is 0.328 e. The zero-order valence-electron chi connectivity index (χ0n) is 18.8. The van der Waals surface area contributed by atoms with Gasteiger partial charge in [-0.15, -0.1) is 0 Å². The van der Waals surface area contributed by atoms with E-state index in [4.69, 9.17) is 4.98 Å². The standard InChI is InChI=1S/C23H25FN6O2S/c1-13(2)19-25-22(33-27-19)21-26-20(29-10-4-5-17(29)31)18-14(3)28(11-12-30(18)21)23(32)15-6-8-16(24)9-7-15/h6-9,13-14H,4-5,10-12H2,1-3H3/t14-/m0/s1. The zero-order valence-corrected chi connectivity index (χ0v) is 19.6. The molecule has 3 aromatic rings. The molecule has 0 bridgehead atoms. The summed E-state index contributed by atoms with van der Waals surface area (Å²) in [6.07, 6.45) is 1.27. The summed E-state index contributed by atoms with van der Waals surface area (Å²) in [5.41, 5.74) is 1.25. The van der Waals surface area contributed by atoms with Gasteiger partial charge in [-0.3, -0.25) is 14.5 Å². The summed E-state index contributed by atoms with van der Waals surface area (Å²) in [4.78, 5) is 38.9. The van der Waals surface area contributed by atoms with Gasteiger partial charge in [0.05, 0.1) is 11.7 Å². The first-order valence-corrected chi connectivity index (χ1v) is 11.9. The third-order valence-electron chi connectivity index (χ3n) is 6.25. The van der Waals surface area contributed by atoms with E-state index in [2.05, 4.69) is 13.9 Å². The molecule has 4 heterocycles. The number of amides is 2. The first-order valence-electron chi connectivity index (χ1n) is 11.2. The van der Waals surface area contributed by atoms with Gasteiger partial charge in [-0.1, -0.05) is 13.8 Å². The van der Waals surface area contributed by atoms with Crippen LogP contribution in [0.4, 0.5) is 10.2 Å². The minimum absolute atomic E-state index is 0.0387. The monoisotopic (exact) mass is 468 g/mol. The van der Waals surface area contributed by atoms with Crippen molar-refractivity contribution < 1.29 is 14.0 Å². The van der Waals surface area contributed by atoms with Crippen molar-refractivity contribution in [2.75, 3.05) is 18.0 Å². The Morgan fingerprint density at radius 2 is 1.91 bits per heavy atom. The van der Waals surface area contributed by atoms with Crippen molar-refractivity contribution in [2.45, 2.75) is 52.1 Å². The third kappa shape index (κ3) is 3.72. The maximum atomic E-state index is 13.4. The van der Waals surface area contributed by atoms with Gasteiger partial charge in [0.25, 0.3) is 5.91 Å². The van der Waals surface area contributed by atoms with Crippen LogP contribution in [0.5, 0.6) is 0 Å². The van der Waals surface area contributed by atoms with Gasteiger partial charge in [0.2, 0.25) is 5.91 Å². The number of fused-ring (bicyclic) bond motifs is 1. The van der Waals surface area contributed by atoms with E-state index in [1.54, 1.807) is 9.80 Å². The topological polar surface area (TPSA) is 84.2 Å². The molecule has 1 aromatic carbocycles. The molecular weight excluding hydrogens is 443 g/mol. The van der Waals surface area contributed by atoms with Crippen molar-refractivity contribution in [3.63, 3.8) is 0 Å². The number of aromatic nitrogens is 4. The van der Waals surface area contributed by atoms with Crippen LogP contribution in [-0.4, -0.2) is 48.7 Å². The van der Waals surface area contributed by atoms with Crippen LogP contribution in [0.2, 0.25) is 0 Å². The number of carbonyl (C=O) groups excluding carboxylic acids is 2. The highest BCUT2D eigenvalue weighted by Crippen LogP contribution is 2.39. The summed E-state index contributed by atoms with van der Waals surface area (Å²) in [6.45, 7) is 7.63. The second kappa shape index (κ2) is 8.33. The van der Waals surface area contributed by atoms with Crippen molar-refractivity contribution in [3.8, 4) is 10.8 Å². The van der Waals surface area contributed by atoms with Gasteiger partial charge in [-0.05, 0) is 49.1 Å². The van der Waals surface area contributed by atoms with Crippen molar-refractivity contribution in [3.05, 3.63) is 47.2 Å². The normalized spacial score (nSPS) is 18.3. The lowest BCUT2D eigenvalue weighted by Gasteiger charge is -2.36. The molecule has 2 amide bonds. The lowest BCUT2D eigenvalue weighted by Crippen LogP contribution is -2.42. The highest BCUT2D eigenvalue weighted by atomic mass is 32.1. The number of hydrogen-bond acceptors (Lipinski definition) is 6. The molecule has 172 valence electrons. The van der Waals surface area contributed by atoms with Gasteiger partial charge >= 0.3 is 0 Å². The summed E-state index contributed by atoms with van der Waals surface area (Å²) in [6, 6.07) is 5.27. The molecule has 0 spiro atoms. The zero-order chi connectivity index (χ0) is 23.3. The van der Waals surface area contributed by atoms with E-state index < -0.39 is 0 Å². The van der Waals surface area contributed by atoms with Crippen LogP contribution in [0.25, 0.3) is 10.8 Å².